The molecule has 26 heavy (non-hydrogen) atoms. The molecule has 5 nitrogen and oxygen atoms in total. The third-order valence-corrected chi connectivity index (χ3v) is 4.91. The summed E-state index contributed by atoms with van der Waals surface area (Å²) in [6.45, 7) is 4.30. The number of carbonyl (C=O) groups is 1. The Labute approximate surface area is 157 Å². The van der Waals surface area contributed by atoms with Gasteiger partial charge in [0.2, 0.25) is 0 Å². The molecule has 0 radical (unpaired) electrons. The van der Waals surface area contributed by atoms with Crippen LogP contribution < -0.4 is 9.47 Å². The van der Waals surface area contributed by atoms with E-state index in [9.17, 15) is 4.79 Å². The number of nitrogens with zero attached hydrogens (tertiary/aromatic N) is 2. The fraction of sp³-hybridized carbons (Fsp3) is 0.400. The van der Waals surface area contributed by atoms with Gasteiger partial charge < -0.3 is 9.47 Å². The quantitative estimate of drug-likeness (QED) is 0.288. The molecule has 3 rings (SSSR count). The van der Waals surface area contributed by atoms with Gasteiger partial charge in [0, 0.05) is 17.8 Å². The van der Waals surface area contributed by atoms with E-state index in [0.717, 1.165) is 17.1 Å². The first-order chi connectivity index (χ1) is 12.7. The first kappa shape index (κ1) is 18.5. The van der Waals surface area contributed by atoms with E-state index >= 15 is 0 Å². The maximum absolute atomic E-state index is 12.2. The summed E-state index contributed by atoms with van der Waals surface area (Å²) in [5.74, 6) is 0.809. The Hall–Kier alpha value is -2.34. The average Bonchev–Trinajstić information content (AvgIpc) is 3.22. The van der Waals surface area contributed by atoms with Crippen molar-refractivity contribution in [1.82, 2.24) is 9.38 Å². The van der Waals surface area contributed by atoms with E-state index in [2.05, 4.69) is 18.8 Å². The second kappa shape index (κ2) is 8.85. The number of thiazole rings is 1. The van der Waals surface area contributed by atoms with E-state index < -0.39 is 5.97 Å². The molecule has 138 valence electrons. The lowest BCUT2D eigenvalue weighted by Crippen LogP contribution is -2.12. The Morgan fingerprint density at radius 2 is 1.96 bits per heavy atom. The Kier molecular flexibility index (Phi) is 6.28. The largest absolute Gasteiger partial charge is 0.491 e. The molecule has 6 heteroatoms. The third-order valence-electron chi connectivity index (χ3n) is 4.14. The molecule has 3 aromatic rings. The maximum atomic E-state index is 12.2. The van der Waals surface area contributed by atoms with Crippen LogP contribution in [-0.2, 0) is 0 Å². The normalized spacial score (nSPS) is 12.2. The number of hydrogen-bond acceptors (Lipinski definition) is 5. The van der Waals surface area contributed by atoms with E-state index in [1.807, 2.05) is 23.7 Å². The fourth-order valence-electron chi connectivity index (χ4n) is 2.72. The fourth-order valence-corrected chi connectivity index (χ4v) is 3.42. The van der Waals surface area contributed by atoms with Gasteiger partial charge in [-0.2, -0.15) is 0 Å². The highest BCUT2D eigenvalue weighted by atomic mass is 32.1. The number of carbonyl (C=O) groups excluding carboxylic acids is 1. The first-order valence-corrected chi connectivity index (χ1v) is 9.94. The van der Waals surface area contributed by atoms with E-state index in [1.54, 1.807) is 22.7 Å². The summed E-state index contributed by atoms with van der Waals surface area (Å²) in [4.78, 5) is 17.2. The van der Waals surface area contributed by atoms with Crippen LogP contribution in [0.4, 0.5) is 0 Å². The predicted molar refractivity (Wildman–Crippen MR) is 103 cm³/mol. The monoisotopic (exact) mass is 372 g/mol. The van der Waals surface area contributed by atoms with Gasteiger partial charge >= 0.3 is 5.97 Å². The van der Waals surface area contributed by atoms with Crippen LogP contribution in [0.15, 0.2) is 42.0 Å². The van der Waals surface area contributed by atoms with Gasteiger partial charge in [0.15, 0.2) is 10.7 Å². The SMILES string of the molecule is CCCCCC[C@H](C)Oc1ccc(OC(=O)c2cn3ccsc3n2)cc1. The summed E-state index contributed by atoms with van der Waals surface area (Å²) in [6, 6.07) is 7.15. The lowest BCUT2D eigenvalue weighted by Gasteiger charge is -2.14. The Morgan fingerprint density at radius 3 is 2.69 bits per heavy atom. The average molecular weight is 372 g/mol. The van der Waals surface area contributed by atoms with Crippen LogP contribution in [0.1, 0.15) is 56.4 Å². The number of unbranched alkanes of at least 4 members (excludes halogenated alkanes) is 3. The van der Waals surface area contributed by atoms with Gasteiger partial charge in [-0.25, -0.2) is 9.78 Å². The Bertz CT molecular complexity index is 810. The van der Waals surface area contributed by atoms with Crippen molar-refractivity contribution in [1.29, 1.82) is 0 Å². The summed E-state index contributed by atoms with van der Waals surface area (Å²) < 4.78 is 13.1. The number of esters is 1. The predicted octanol–water partition coefficient (Wildman–Crippen LogP) is 5.35. The van der Waals surface area contributed by atoms with E-state index in [0.29, 0.717) is 11.4 Å². The maximum Gasteiger partial charge on any atom is 0.363 e. The van der Waals surface area contributed by atoms with Crippen molar-refractivity contribution in [3.8, 4) is 11.5 Å². The molecule has 0 saturated heterocycles. The number of aromatic nitrogens is 2. The standard InChI is InChI=1S/C20H24N2O3S/c1-3-4-5-6-7-15(2)24-16-8-10-17(11-9-16)25-19(23)18-14-22-12-13-26-20(22)21-18/h8-15H,3-7H2,1-2H3/t15-/m0/s1. The molecule has 1 aromatic carbocycles. The topological polar surface area (TPSA) is 52.8 Å². The van der Waals surface area contributed by atoms with Gasteiger partial charge in [0.1, 0.15) is 11.5 Å². The molecule has 0 aliphatic rings. The van der Waals surface area contributed by atoms with Crippen molar-refractivity contribution in [3.05, 3.63) is 47.7 Å². The molecule has 2 heterocycles. The summed E-state index contributed by atoms with van der Waals surface area (Å²) in [6.07, 6.45) is 9.73. The Balaban J connectivity index is 1.50. The van der Waals surface area contributed by atoms with Crippen LogP contribution in [-0.4, -0.2) is 21.5 Å². The van der Waals surface area contributed by atoms with E-state index in [-0.39, 0.29) is 6.10 Å². The van der Waals surface area contributed by atoms with Gasteiger partial charge in [-0.05, 0) is 44.0 Å². The van der Waals surface area contributed by atoms with Crippen molar-refractivity contribution in [3.63, 3.8) is 0 Å². The van der Waals surface area contributed by atoms with E-state index in [4.69, 9.17) is 9.47 Å². The molecule has 0 saturated carbocycles. The van der Waals surface area contributed by atoms with Gasteiger partial charge in [-0.15, -0.1) is 11.3 Å². The molecule has 1 atom stereocenters. The molecule has 2 aromatic heterocycles. The zero-order valence-corrected chi connectivity index (χ0v) is 16.0. The van der Waals surface area contributed by atoms with Crippen molar-refractivity contribution in [2.45, 2.75) is 52.1 Å². The van der Waals surface area contributed by atoms with Crippen LogP contribution in [0.2, 0.25) is 0 Å². The molecule has 0 bridgehead atoms. The number of hydrogen-bond donors (Lipinski definition) is 0. The lowest BCUT2D eigenvalue weighted by atomic mass is 10.1. The number of benzene rings is 1. The molecule has 0 amide bonds. The molecule has 0 fully saturated rings. The van der Waals surface area contributed by atoms with Gasteiger partial charge in [0.25, 0.3) is 0 Å². The summed E-state index contributed by atoms with van der Waals surface area (Å²) in [5.41, 5.74) is 0.304. The molecule has 0 spiro atoms. The number of rotatable bonds is 9. The molecule has 0 aliphatic heterocycles. The molecule has 0 aliphatic carbocycles. The second-order valence-corrected chi connectivity index (χ2v) is 7.23. The Morgan fingerprint density at radius 1 is 1.19 bits per heavy atom. The van der Waals surface area contributed by atoms with Crippen molar-refractivity contribution in [2.24, 2.45) is 0 Å². The molecule has 0 unspecified atom stereocenters. The van der Waals surface area contributed by atoms with Crippen molar-refractivity contribution < 1.29 is 14.3 Å². The minimum absolute atomic E-state index is 0.179. The van der Waals surface area contributed by atoms with E-state index in [1.165, 1.54) is 37.0 Å². The van der Waals surface area contributed by atoms with Crippen LogP contribution in [0.25, 0.3) is 4.96 Å². The zero-order valence-electron chi connectivity index (χ0n) is 15.2. The zero-order chi connectivity index (χ0) is 18.4. The summed E-state index contributed by atoms with van der Waals surface area (Å²) in [7, 11) is 0. The highest BCUT2D eigenvalue weighted by Gasteiger charge is 2.14. The summed E-state index contributed by atoms with van der Waals surface area (Å²) in [5, 5.41) is 1.92. The number of ether oxygens (including phenoxy) is 2. The van der Waals surface area contributed by atoms with Crippen LogP contribution >= 0.6 is 11.3 Å². The highest BCUT2D eigenvalue weighted by Crippen LogP contribution is 2.21. The minimum atomic E-state index is -0.459. The van der Waals surface area contributed by atoms with Crippen molar-refractivity contribution in [2.75, 3.05) is 0 Å². The highest BCUT2D eigenvalue weighted by molar-refractivity contribution is 7.15. The van der Waals surface area contributed by atoms with Crippen LogP contribution in [0.3, 0.4) is 0 Å². The second-order valence-electron chi connectivity index (χ2n) is 6.36. The molecular weight excluding hydrogens is 348 g/mol. The first-order valence-electron chi connectivity index (χ1n) is 9.07. The molecule has 0 N–H and O–H groups in total. The minimum Gasteiger partial charge on any atom is -0.491 e. The van der Waals surface area contributed by atoms with Gasteiger partial charge in [0.05, 0.1) is 6.10 Å². The smallest absolute Gasteiger partial charge is 0.363 e. The number of fused-ring (bicyclic) bond motifs is 1. The number of imidazole rings is 1. The molecular formula is C20H24N2O3S. The van der Waals surface area contributed by atoms with Gasteiger partial charge in [-0.3, -0.25) is 4.40 Å². The lowest BCUT2D eigenvalue weighted by molar-refractivity contribution is 0.0729. The van der Waals surface area contributed by atoms with Gasteiger partial charge in [-0.1, -0.05) is 26.2 Å². The van der Waals surface area contributed by atoms with Crippen LogP contribution in [0, 0.1) is 0 Å². The van der Waals surface area contributed by atoms with Crippen LogP contribution in [0.5, 0.6) is 11.5 Å². The third kappa shape index (κ3) is 4.85. The summed E-state index contributed by atoms with van der Waals surface area (Å²) >= 11 is 1.48. The van der Waals surface area contributed by atoms with Crippen molar-refractivity contribution >= 4 is 22.3 Å².